The van der Waals surface area contributed by atoms with E-state index in [4.69, 9.17) is 16.7 Å². The summed E-state index contributed by atoms with van der Waals surface area (Å²) in [5.41, 5.74) is 0.942. The van der Waals surface area contributed by atoms with Crippen molar-refractivity contribution in [2.75, 3.05) is 13.6 Å². The van der Waals surface area contributed by atoms with Crippen molar-refractivity contribution in [2.24, 2.45) is 0 Å². The lowest BCUT2D eigenvalue weighted by molar-refractivity contribution is -0.130. The highest BCUT2D eigenvalue weighted by atomic mass is 79.9. The predicted octanol–water partition coefficient (Wildman–Crippen LogP) is 3.11. The molecule has 1 aromatic carbocycles. The minimum Gasteiger partial charge on any atom is -0.465 e. The summed E-state index contributed by atoms with van der Waals surface area (Å²) in [6.07, 6.45) is -0.284. The van der Waals surface area contributed by atoms with E-state index in [1.807, 2.05) is 12.1 Å². The maximum atomic E-state index is 11.9. The van der Waals surface area contributed by atoms with Crippen molar-refractivity contribution in [3.63, 3.8) is 0 Å². The van der Waals surface area contributed by atoms with E-state index in [9.17, 15) is 9.59 Å². The smallest absolute Gasteiger partial charge is 0.404 e. The van der Waals surface area contributed by atoms with Crippen LogP contribution in [-0.4, -0.2) is 35.6 Å². The second-order valence-corrected chi connectivity index (χ2v) is 5.60. The fraction of sp³-hybridized carbons (Fsp3) is 0.385. The molecule has 1 aromatic rings. The number of hydrogen-bond donors (Lipinski definition) is 2. The second kappa shape index (κ2) is 8.11. The van der Waals surface area contributed by atoms with Crippen LogP contribution in [-0.2, 0) is 11.3 Å². The third-order valence-electron chi connectivity index (χ3n) is 2.67. The molecule has 0 unspecified atom stereocenters. The number of rotatable bonds is 6. The first-order chi connectivity index (χ1) is 9.40. The lowest BCUT2D eigenvalue weighted by Gasteiger charge is -2.17. The minimum atomic E-state index is -1.07. The summed E-state index contributed by atoms with van der Waals surface area (Å²) in [5.74, 6) is -0.0313. The number of hydrogen-bond acceptors (Lipinski definition) is 2. The molecule has 2 N–H and O–H groups in total. The van der Waals surface area contributed by atoms with Gasteiger partial charge in [-0.25, -0.2) is 4.79 Å². The lowest BCUT2D eigenvalue weighted by Crippen LogP contribution is -2.28. The summed E-state index contributed by atoms with van der Waals surface area (Å²) < 4.78 is 0.816. The van der Waals surface area contributed by atoms with Crippen molar-refractivity contribution in [3.8, 4) is 0 Å². The van der Waals surface area contributed by atoms with Crippen LogP contribution in [0.5, 0.6) is 0 Å². The molecule has 0 aliphatic carbocycles. The van der Waals surface area contributed by atoms with Gasteiger partial charge in [0.1, 0.15) is 0 Å². The van der Waals surface area contributed by atoms with Crippen LogP contribution in [0.2, 0.25) is 5.02 Å². The number of carboxylic acid groups (broad SMARTS) is 1. The number of benzene rings is 1. The zero-order valence-electron chi connectivity index (χ0n) is 11.0. The number of carbonyl (C=O) groups excluding carboxylic acids is 1. The Morgan fingerprint density at radius 3 is 2.75 bits per heavy atom. The van der Waals surface area contributed by atoms with Gasteiger partial charge >= 0.3 is 6.09 Å². The summed E-state index contributed by atoms with van der Waals surface area (Å²) in [4.78, 5) is 23.7. The van der Waals surface area contributed by atoms with Crippen molar-refractivity contribution >= 4 is 39.5 Å². The normalized spacial score (nSPS) is 10.2. The highest BCUT2D eigenvalue weighted by molar-refractivity contribution is 9.10. The molecular weight excluding hydrogens is 348 g/mol. The molecule has 0 aromatic heterocycles. The molecule has 20 heavy (non-hydrogen) atoms. The van der Waals surface area contributed by atoms with Gasteiger partial charge in [0, 0.05) is 31.0 Å². The summed E-state index contributed by atoms with van der Waals surface area (Å²) >= 11 is 9.31. The van der Waals surface area contributed by atoms with Crippen molar-refractivity contribution in [1.29, 1.82) is 0 Å². The van der Waals surface area contributed by atoms with E-state index in [0.29, 0.717) is 24.4 Å². The topological polar surface area (TPSA) is 69.6 Å². The van der Waals surface area contributed by atoms with Gasteiger partial charge in [0.2, 0.25) is 5.91 Å². The Morgan fingerprint density at radius 1 is 1.45 bits per heavy atom. The van der Waals surface area contributed by atoms with Gasteiger partial charge in [0.15, 0.2) is 0 Å². The van der Waals surface area contributed by atoms with Crippen molar-refractivity contribution in [1.82, 2.24) is 10.2 Å². The molecular formula is C13H16BrClN2O3. The number of nitrogens with one attached hydrogen (secondary N) is 1. The fourth-order valence-electron chi connectivity index (χ4n) is 1.63. The van der Waals surface area contributed by atoms with Crippen LogP contribution < -0.4 is 5.32 Å². The Kier molecular flexibility index (Phi) is 6.81. The number of halogens is 2. The van der Waals surface area contributed by atoms with E-state index in [2.05, 4.69) is 21.2 Å². The van der Waals surface area contributed by atoms with E-state index in [-0.39, 0.29) is 12.5 Å². The second-order valence-electron chi connectivity index (χ2n) is 4.33. The molecule has 1 rings (SSSR count). The number of amides is 2. The number of nitrogens with zero attached hydrogens (tertiary/aromatic N) is 1. The first-order valence-corrected chi connectivity index (χ1v) is 7.22. The Labute approximate surface area is 131 Å². The van der Waals surface area contributed by atoms with Crippen LogP contribution in [0.3, 0.4) is 0 Å². The van der Waals surface area contributed by atoms with Crippen LogP contribution in [0.1, 0.15) is 18.4 Å². The first kappa shape index (κ1) is 16.8. The van der Waals surface area contributed by atoms with Crippen LogP contribution >= 0.6 is 27.5 Å². The maximum Gasteiger partial charge on any atom is 0.404 e. The summed E-state index contributed by atoms with van der Waals surface area (Å²) in [6.45, 7) is 0.747. The van der Waals surface area contributed by atoms with Crippen molar-refractivity contribution in [2.45, 2.75) is 19.4 Å². The third kappa shape index (κ3) is 5.79. The molecule has 0 heterocycles. The molecule has 7 heteroatoms. The molecule has 0 spiro atoms. The summed E-state index contributed by atoms with van der Waals surface area (Å²) in [5, 5.41) is 11.2. The maximum absolute atomic E-state index is 11.9. The van der Waals surface area contributed by atoms with Crippen LogP contribution in [0, 0.1) is 0 Å². The van der Waals surface area contributed by atoms with E-state index in [1.54, 1.807) is 18.0 Å². The molecule has 0 fully saturated rings. The van der Waals surface area contributed by atoms with E-state index < -0.39 is 6.09 Å². The Bertz CT molecular complexity index is 497. The Balaban J connectivity index is 2.41. The monoisotopic (exact) mass is 362 g/mol. The van der Waals surface area contributed by atoms with Gasteiger partial charge in [0.25, 0.3) is 0 Å². The molecule has 5 nitrogen and oxygen atoms in total. The molecule has 0 radical (unpaired) electrons. The molecule has 0 atom stereocenters. The molecule has 0 saturated heterocycles. The molecule has 0 bridgehead atoms. The minimum absolute atomic E-state index is 0.0313. The van der Waals surface area contributed by atoms with Gasteiger partial charge in [-0.1, -0.05) is 17.7 Å². The Hall–Kier alpha value is -1.27. The highest BCUT2D eigenvalue weighted by Gasteiger charge is 2.10. The number of carbonyl (C=O) groups is 2. The Morgan fingerprint density at radius 2 is 2.15 bits per heavy atom. The average molecular weight is 364 g/mol. The van der Waals surface area contributed by atoms with Gasteiger partial charge in [-0.2, -0.15) is 0 Å². The van der Waals surface area contributed by atoms with Gasteiger partial charge in [-0.15, -0.1) is 0 Å². The zero-order chi connectivity index (χ0) is 15.1. The van der Waals surface area contributed by atoms with Crippen molar-refractivity contribution in [3.05, 3.63) is 33.3 Å². The van der Waals surface area contributed by atoms with Crippen LogP contribution in [0.4, 0.5) is 4.79 Å². The summed E-state index contributed by atoms with van der Waals surface area (Å²) in [7, 11) is 1.71. The average Bonchev–Trinajstić information content (AvgIpc) is 2.38. The first-order valence-electron chi connectivity index (χ1n) is 6.05. The van der Waals surface area contributed by atoms with E-state index >= 15 is 0 Å². The van der Waals surface area contributed by atoms with Crippen molar-refractivity contribution < 1.29 is 14.7 Å². The van der Waals surface area contributed by atoms with E-state index in [1.165, 1.54) is 0 Å². The van der Waals surface area contributed by atoms with Gasteiger partial charge in [0.05, 0.1) is 5.02 Å². The van der Waals surface area contributed by atoms with E-state index in [0.717, 1.165) is 10.0 Å². The van der Waals surface area contributed by atoms with Crippen LogP contribution in [0.15, 0.2) is 22.7 Å². The standard InChI is InChI=1S/C13H16BrClN2O3/c1-17(12(18)3-2-6-16-13(19)20)8-9-4-5-10(14)11(15)7-9/h4-5,7,16H,2-3,6,8H2,1H3,(H,19,20). The third-order valence-corrected chi connectivity index (χ3v) is 3.91. The van der Waals surface area contributed by atoms with Gasteiger partial charge in [-0.3, -0.25) is 4.79 Å². The quantitative estimate of drug-likeness (QED) is 0.763. The zero-order valence-corrected chi connectivity index (χ0v) is 13.4. The summed E-state index contributed by atoms with van der Waals surface area (Å²) in [6, 6.07) is 5.54. The molecule has 110 valence electrons. The van der Waals surface area contributed by atoms with Gasteiger partial charge < -0.3 is 15.3 Å². The molecule has 0 aliphatic heterocycles. The predicted molar refractivity (Wildman–Crippen MR) is 80.9 cm³/mol. The molecule has 0 saturated carbocycles. The largest absolute Gasteiger partial charge is 0.465 e. The van der Waals surface area contributed by atoms with Crippen LogP contribution in [0.25, 0.3) is 0 Å². The fourth-order valence-corrected chi connectivity index (χ4v) is 2.08. The highest BCUT2D eigenvalue weighted by Crippen LogP contribution is 2.23. The van der Waals surface area contributed by atoms with Gasteiger partial charge in [-0.05, 0) is 40.0 Å². The SMILES string of the molecule is CN(Cc1ccc(Br)c(Cl)c1)C(=O)CCCNC(=O)O. The molecule has 2 amide bonds. The molecule has 0 aliphatic rings. The lowest BCUT2D eigenvalue weighted by atomic mass is 10.2.